The van der Waals surface area contributed by atoms with Crippen molar-refractivity contribution in [3.63, 3.8) is 0 Å². The number of hydrogen-bond acceptors (Lipinski definition) is 3. The fraction of sp³-hybridized carbons (Fsp3) is 1.00. The highest BCUT2D eigenvalue weighted by molar-refractivity contribution is 7.85. The van der Waals surface area contributed by atoms with Crippen molar-refractivity contribution in [2.24, 2.45) is 0 Å². The molecule has 0 aliphatic heterocycles. The van der Waals surface area contributed by atoms with E-state index in [0.717, 1.165) is 57.8 Å². The Kier molecular flexibility index (Phi) is 19.1. The molecular formula is C22H46O4S. The molecule has 0 aromatic heterocycles. The van der Waals surface area contributed by atoms with Gasteiger partial charge in [0, 0.05) is 0 Å². The van der Waals surface area contributed by atoms with E-state index in [-0.39, 0.29) is 11.9 Å². The summed E-state index contributed by atoms with van der Waals surface area (Å²) in [4.78, 5) is 0. The summed E-state index contributed by atoms with van der Waals surface area (Å²) in [5.74, 6) is -0.113. The van der Waals surface area contributed by atoms with Gasteiger partial charge in [-0.1, -0.05) is 110 Å². The molecule has 0 aromatic rings. The third-order valence-corrected chi connectivity index (χ3v) is 6.14. The van der Waals surface area contributed by atoms with Gasteiger partial charge >= 0.3 is 0 Å². The molecule has 5 heteroatoms. The molecule has 0 heterocycles. The van der Waals surface area contributed by atoms with Crippen molar-refractivity contribution in [3.05, 3.63) is 0 Å². The third kappa shape index (κ3) is 23.8. The second-order valence-electron chi connectivity index (χ2n) is 8.17. The van der Waals surface area contributed by atoms with E-state index < -0.39 is 10.1 Å². The molecule has 0 saturated carbocycles. The summed E-state index contributed by atoms with van der Waals surface area (Å²) in [6.07, 6.45) is 22.0. The molecule has 1 atom stereocenters. The lowest BCUT2D eigenvalue weighted by Crippen LogP contribution is -2.06. The number of unbranched alkanes of at least 4 members (excludes halogenated alkanes) is 15. The topological polar surface area (TPSA) is 74.6 Å². The van der Waals surface area contributed by atoms with Crippen LogP contribution >= 0.6 is 0 Å². The minimum atomic E-state index is -3.78. The van der Waals surface area contributed by atoms with Crippen LogP contribution in [-0.4, -0.2) is 29.9 Å². The molecule has 2 N–H and O–H groups in total. The first kappa shape index (κ1) is 26.9. The van der Waals surface area contributed by atoms with Gasteiger partial charge in [-0.3, -0.25) is 4.55 Å². The highest BCUT2D eigenvalue weighted by atomic mass is 32.2. The van der Waals surface area contributed by atoms with Crippen molar-refractivity contribution in [2.45, 2.75) is 135 Å². The Labute approximate surface area is 169 Å². The van der Waals surface area contributed by atoms with Crippen LogP contribution in [0.5, 0.6) is 0 Å². The summed E-state index contributed by atoms with van der Waals surface area (Å²) in [6.45, 7) is 2.26. The Hall–Kier alpha value is -0.130. The van der Waals surface area contributed by atoms with E-state index in [1.54, 1.807) is 0 Å². The number of aliphatic hydroxyl groups excluding tert-OH is 1. The van der Waals surface area contributed by atoms with Gasteiger partial charge in [0.15, 0.2) is 0 Å². The fourth-order valence-corrected chi connectivity index (χ4v) is 4.13. The molecule has 0 amide bonds. The van der Waals surface area contributed by atoms with E-state index in [0.29, 0.717) is 6.42 Å². The summed E-state index contributed by atoms with van der Waals surface area (Å²) < 4.78 is 29.8. The van der Waals surface area contributed by atoms with Crippen molar-refractivity contribution in [2.75, 3.05) is 5.75 Å². The van der Waals surface area contributed by atoms with Crippen LogP contribution in [0.1, 0.15) is 129 Å². The maximum Gasteiger partial charge on any atom is 0.264 e. The van der Waals surface area contributed by atoms with Gasteiger partial charge in [0.2, 0.25) is 0 Å². The lowest BCUT2D eigenvalue weighted by molar-refractivity contribution is 0.147. The zero-order chi connectivity index (χ0) is 20.2. The predicted octanol–water partition coefficient (Wildman–Crippen LogP) is 6.67. The van der Waals surface area contributed by atoms with E-state index in [1.807, 2.05) is 0 Å². The third-order valence-electron chi connectivity index (χ3n) is 5.33. The van der Waals surface area contributed by atoms with Gasteiger partial charge in [-0.15, -0.1) is 0 Å². The van der Waals surface area contributed by atoms with E-state index in [9.17, 15) is 13.5 Å². The summed E-state index contributed by atoms with van der Waals surface area (Å²) >= 11 is 0. The first-order chi connectivity index (χ1) is 13.0. The Balaban J connectivity index is 3.21. The van der Waals surface area contributed by atoms with Gasteiger partial charge in [0.05, 0.1) is 11.9 Å². The maximum absolute atomic E-state index is 10.6. The smallest absolute Gasteiger partial charge is 0.264 e. The average molecular weight is 407 g/mol. The van der Waals surface area contributed by atoms with Gasteiger partial charge in [-0.25, -0.2) is 0 Å². The molecule has 4 nitrogen and oxygen atoms in total. The summed E-state index contributed by atoms with van der Waals surface area (Å²) in [6, 6.07) is 0. The van der Waals surface area contributed by atoms with Crippen molar-refractivity contribution >= 4 is 10.1 Å². The largest absolute Gasteiger partial charge is 0.393 e. The first-order valence-corrected chi connectivity index (χ1v) is 13.2. The second kappa shape index (κ2) is 19.2. The number of rotatable bonds is 21. The quantitative estimate of drug-likeness (QED) is 0.165. The molecule has 1 unspecified atom stereocenters. The molecule has 0 bridgehead atoms. The van der Waals surface area contributed by atoms with Crippen LogP contribution in [0.4, 0.5) is 0 Å². The monoisotopic (exact) mass is 406 g/mol. The molecular weight excluding hydrogens is 360 g/mol. The molecule has 164 valence electrons. The standard InChI is InChI=1S/C22H46O4S/c1-2-3-4-5-6-7-8-10-13-16-19-22(23)20-17-14-11-9-12-15-18-21-27(24,25)26/h22-23H,2-21H2,1H3,(H,24,25,26). The summed E-state index contributed by atoms with van der Waals surface area (Å²) in [5, 5.41) is 10.0. The minimum absolute atomic E-state index is 0.113. The molecule has 0 saturated heterocycles. The van der Waals surface area contributed by atoms with Crippen LogP contribution in [0.2, 0.25) is 0 Å². The van der Waals surface area contributed by atoms with Crippen LogP contribution in [0.15, 0.2) is 0 Å². The summed E-state index contributed by atoms with van der Waals surface area (Å²) in [7, 11) is -3.78. The Morgan fingerprint density at radius 3 is 1.30 bits per heavy atom. The lowest BCUT2D eigenvalue weighted by atomic mass is 10.0. The van der Waals surface area contributed by atoms with Crippen molar-refractivity contribution in [1.82, 2.24) is 0 Å². The highest BCUT2D eigenvalue weighted by Gasteiger charge is 2.05. The van der Waals surface area contributed by atoms with Crippen LogP contribution in [0, 0.1) is 0 Å². The van der Waals surface area contributed by atoms with Gasteiger partial charge in [-0.05, 0) is 19.3 Å². The van der Waals surface area contributed by atoms with Gasteiger partial charge < -0.3 is 5.11 Å². The first-order valence-electron chi connectivity index (χ1n) is 11.6. The predicted molar refractivity (Wildman–Crippen MR) is 116 cm³/mol. The maximum atomic E-state index is 10.6. The zero-order valence-electron chi connectivity index (χ0n) is 17.8. The van der Waals surface area contributed by atoms with E-state index in [2.05, 4.69) is 6.92 Å². The molecule has 0 rings (SSSR count). The van der Waals surface area contributed by atoms with Crippen molar-refractivity contribution in [1.29, 1.82) is 0 Å². The van der Waals surface area contributed by atoms with Crippen LogP contribution < -0.4 is 0 Å². The van der Waals surface area contributed by atoms with Crippen LogP contribution in [0.25, 0.3) is 0 Å². The number of aliphatic hydroxyl groups is 1. The normalized spacial score (nSPS) is 13.1. The number of hydrogen-bond donors (Lipinski definition) is 2. The molecule has 0 aliphatic carbocycles. The van der Waals surface area contributed by atoms with Crippen LogP contribution in [-0.2, 0) is 10.1 Å². The van der Waals surface area contributed by atoms with E-state index in [4.69, 9.17) is 4.55 Å². The lowest BCUT2D eigenvalue weighted by Gasteiger charge is -2.10. The Bertz CT molecular complexity index is 395. The average Bonchev–Trinajstić information content (AvgIpc) is 2.61. The Morgan fingerprint density at radius 1 is 0.593 bits per heavy atom. The Morgan fingerprint density at radius 2 is 0.926 bits per heavy atom. The molecule has 0 aromatic carbocycles. The van der Waals surface area contributed by atoms with Gasteiger partial charge in [0.25, 0.3) is 10.1 Å². The van der Waals surface area contributed by atoms with Crippen molar-refractivity contribution < 1.29 is 18.1 Å². The fourth-order valence-electron chi connectivity index (χ4n) is 3.56. The van der Waals surface area contributed by atoms with E-state index >= 15 is 0 Å². The summed E-state index contributed by atoms with van der Waals surface area (Å²) in [5.41, 5.74) is 0. The molecule has 0 fully saturated rings. The highest BCUT2D eigenvalue weighted by Crippen LogP contribution is 2.15. The molecule has 27 heavy (non-hydrogen) atoms. The zero-order valence-corrected chi connectivity index (χ0v) is 18.7. The second-order valence-corrected chi connectivity index (χ2v) is 9.75. The van der Waals surface area contributed by atoms with Gasteiger partial charge in [-0.2, -0.15) is 8.42 Å². The molecule has 0 spiro atoms. The SMILES string of the molecule is CCCCCCCCCCCCC(O)CCCCCCCCCS(=O)(=O)O. The van der Waals surface area contributed by atoms with Crippen molar-refractivity contribution in [3.8, 4) is 0 Å². The van der Waals surface area contributed by atoms with E-state index in [1.165, 1.54) is 57.8 Å². The molecule has 0 radical (unpaired) electrons. The van der Waals surface area contributed by atoms with Crippen LogP contribution in [0.3, 0.4) is 0 Å². The minimum Gasteiger partial charge on any atom is -0.393 e. The van der Waals surface area contributed by atoms with Gasteiger partial charge in [0.1, 0.15) is 0 Å². The molecule has 0 aliphatic rings.